The fourth-order valence-electron chi connectivity index (χ4n) is 4.49. The fourth-order valence-corrected chi connectivity index (χ4v) is 4.49. The van der Waals surface area contributed by atoms with Crippen LogP contribution >= 0.6 is 0 Å². The van der Waals surface area contributed by atoms with Crippen molar-refractivity contribution in [3.63, 3.8) is 0 Å². The van der Waals surface area contributed by atoms with Crippen LogP contribution in [0.15, 0.2) is 84.9 Å². The van der Waals surface area contributed by atoms with Crippen molar-refractivity contribution < 1.29 is 4.74 Å². The highest BCUT2D eigenvalue weighted by atomic mass is 16.5. The number of rotatable bonds is 3. The number of fused-ring (bicyclic) bond motifs is 1. The van der Waals surface area contributed by atoms with E-state index in [1.807, 2.05) is 30.3 Å². The molecule has 1 aliphatic rings. The van der Waals surface area contributed by atoms with Crippen LogP contribution in [0.5, 0.6) is 5.75 Å². The largest absolute Gasteiger partial charge is 0.488 e. The van der Waals surface area contributed by atoms with E-state index in [4.69, 9.17) is 4.74 Å². The highest BCUT2D eigenvalue weighted by molar-refractivity contribution is 5.54. The molecule has 0 aromatic heterocycles. The van der Waals surface area contributed by atoms with E-state index in [-0.39, 0.29) is 16.9 Å². The molecule has 3 aromatic carbocycles. The predicted octanol–water partition coefficient (Wildman–Crippen LogP) is 5.73. The topological polar surface area (TPSA) is 9.23 Å². The van der Waals surface area contributed by atoms with Gasteiger partial charge in [-0.2, -0.15) is 0 Å². The Labute approximate surface area is 150 Å². The molecule has 1 aliphatic carbocycles. The number of hydrogen-bond acceptors (Lipinski definition) is 1. The van der Waals surface area contributed by atoms with E-state index in [1.165, 1.54) is 16.7 Å². The molecule has 0 saturated heterocycles. The summed E-state index contributed by atoms with van der Waals surface area (Å²) < 4.78 is 6.64. The van der Waals surface area contributed by atoms with Gasteiger partial charge in [0.25, 0.3) is 0 Å². The van der Waals surface area contributed by atoms with Crippen molar-refractivity contribution >= 4 is 0 Å². The van der Waals surface area contributed by atoms with Crippen LogP contribution in [0.25, 0.3) is 0 Å². The Morgan fingerprint density at radius 2 is 1.16 bits per heavy atom. The summed E-state index contributed by atoms with van der Waals surface area (Å²) in [7, 11) is 0. The molecule has 126 valence electrons. The first-order chi connectivity index (χ1) is 12.0. The van der Waals surface area contributed by atoms with Crippen molar-refractivity contribution in [1.82, 2.24) is 0 Å². The summed E-state index contributed by atoms with van der Waals surface area (Å²) in [5.41, 5.74) is 3.76. The Bertz CT molecular complexity index is 867. The molecule has 2 atom stereocenters. The summed E-state index contributed by atoms with van der Waals surface area (Å²) in [5, 5.41) is 0. The van der Waals surface area contributed by atoms with Crippen molar-refractivity contribution in [2.45, 2.75) is 37.7 Å². The first-order valence-electron chi connectivity index (χ1n) is 8.92. The van der Waals surface area contributed by atoms with E-state index >= 15 is 0 Å². The SMILES string of the molecule is CC1(C)c2ccccc2C(C)(c2ccccc2)C1Oc1ccccc1. The Morgan fingerprint density at radius 3 is 1.80 bits per heavy atom. The van der Waals surface area contributed by atoms with Gasteiger partial charge in [0.1, 0.15) is 11.9 Å². The molecule has 0 radical (unpaired) electrons. The summed E-state index contributed by atoms with van der Waals surface area (Å²) in [6, 6.07) is 29.7. The normalized spacial score (nSPS) is 23.9. The van der Waals surface area contributed by atoms with E-state index in [0.29, 0.717) is 0 Å². The summed E-state index contributed by atoms with van der Waals surface area (Å²) in [6.45, 7) is 6.92. The van der Waals surface area contributed by atoms with Gasteiger partial charge in [0.2, 0.25) is 0 Å². The molecule has 1 heteroatoms. The molecule has 0 heterocycles. The summed E-state index contributed by atoms with van der Waals surface area (Å²) in [4.78, 5) is 0. The molecule has 0 aliphatic heterocycles. The van der Waals surface area contributed by atoms with Crippen LogP contribution in [0, 0.1) is 0 Å². The standard InChI is InChI=1S/C24H24O/c1-23(2)20-16-10-11-17-21(20)24(3,18-12-6-4-7-13-18)22(23)25-19-14-8-5-9-15-19/h4-17,22H,1-3H3. The zero-order valence-corrected chi connectivity index (χ0v) is 15.1. The zero-order valence-electron chi connectivity index (χ0n) is 15.1. The van der Waals surface area contributed by atoms with Crippen LogP contribution in [0.1, 0.15) is 37.5 Å². The van der Waals surface area contributed by atoms with E-state index in [2.05, 4.69) is 75.4 Å². The smallest absolute Gasteiger partial charge is 0.121 e. The third-order valence-corrected chi connectivity index (χ3v) is 5.73. The van der Waals surface area contributed by atoms with Gasteiger partial charge in [-0.15, -0.1) is 0 Å². The maximum Gasteiger partial charge on any atom is 0.121 e. The second-order valence-electron chi connectivity index (χ2n) is 7.65. The summed E-state index contributed by atoms with van der Waals surface area (Å²) in [5.74, 6) is 0.926. The molecule has 4 rings (SSSR count). The van der Waals surface area contributed by atoms with Crippen molar-refractivity contribution in [1.29, 1.82) is 0 Å². The number of hydrogen-bond donors (Lipinski definition) is 0. The number of benzene rings is 3. The minimum atomic E-state index is -0.197. The van der Waals surface area contributed by atoms with Gasteiger partial charge in [-0.3, -0.25) is 0 Å². The molecule has 0 N–H and O–H groups in total. The summed E-state index contributed by atoms with van der Waals surface area (Å²) in [6.07, 6.45) is 0.0159. The minimum absolute atomic E-state index is 0.0159. The van der Waals surface area contributed by atoms with Crippen LogP contribution in [0.2, 0.25) is 0 Å². The molecular formula is C24H24O. The van der Waals surface area contributed by atoms with Crippen molar-refractivity contribution in [2.24, 2.45) is 0 Å². The molecule has 0 fully saturated rings. The molecule has 0 bridgehead atoms. The highest BCUT2D eigenvalue weighted by Crippen LogP contribution is 2.54. The summed E-state index contributed by atoms with van der Waals surface area (Å²) >= 11 is 0. The first-order valence-corrected chi connectivity index (χ1v) is 8.92. The van der Waals surface area contributed by atoms with Gasteiger partial charge in [0, 0.05) is 5.41 Å². The maximum atomic E-state index is 6.64. The first kappa shape index (κ1) is 16.0. The van der Waals surface area contributed by atoms with Crippen molar-refractivity contribution in [3.8, 4) is 5.75 Å². The van der Waals surface area contributed by atoms with E-state index in [1.54, 1.807) is 0 Å². The quantitative estimate of drug-likeness (QED) is 0.596. The van der Waals surface area contributed by atoms with E-state index in [9.17, 15) is 0 Å². The van der Waals surface area contributed by atoms with Crippen LogP contribution in [-0.4, -0.2) is 6.10 Å². The fraction of sp³-hybridized carbons (Fsp3) is 0.250. The Hall–Kier alpha value is -2.54. The van der Waals surface area contributed by atoms with Crippen LogP contribution in [0.4, 0.5) is 0 Å². The second kappa shape index (κ2) is 5.77. The minimum Gasteiger partial charge on any atom is -0.488 e. The molecule has 0 spiro atoms. The van der Waals surface area contributed by atoms with Gasteiger partial charge in [0.15, 0.2) is 0 Å². The Kier molecular flexibility index (Phi) is 3.68. The van der Waals surface area contributed by atoms with E-state index < -0.39 is 0 Å². The predicted molar refractivity (Wildman–Crippen MR) is 103 cm³/mol. The molecule has 0 amide bonds. The van der Waals surface area contributed by atoms with E-state index in [0.717, 1.165) is 5.75 Å². The van der Waals surface area contributed by atoms with Gasteiger partial charge in [0.05, 0.1) is 5.41 Å². The third-order valence-electron chi connectivity index (χ3n) is 5.73. The molecule has 25 heavy (non-hydrogen) atoms. The average molecular weight is 328 g/mol. The lowest BCUT2D eigenvalue weighted by atomic mass is 9.72. The molecule has 1 nitrogen and oxygen atoms in total. The van der Waals surface area contributed by atoms with Crippen LogP contribution in [0.3, 0.4) is 0 Å². The van der Waals surface area contributed by atoms with Gasteiger partial charge < -0.3 is 4.74 Å². The zero-order chi connectivity index (χ0) is 17.5. The van der Waals surface area contributed by atoms with Crippen LogP contribution in [-0.2, 0) is 10.8 Å². The van der Waals surface area contributed by atoms with Gasteiger partial charge in [-0.25, -0.2) is 0 Å². The average Bonchev–Trinajstić information content (AvgIpc) is 2.83. The lowest BCUT2D eigenvalue weighted by Crippen LogP contribution is -2.46. The molecule has 3 aromatic rings. The van der Waals surface area contributed by atoms with Gasteiger partial charge in [-0.1, -0.05) is 86.6 Å². The Morgan fingerprint density at radius 1 is 0.640 bits per heavy atom. The van der Waals surface area contributed by atoms with Crippen molar-refractivity contribution in [2.75, 3.05) is 0 Å². The van der Waals surface area contributed by atoms with Gasteiger partial charge in [-0.05, 0) is 35.7 Å². The molecule has 0 saturated carbocycles. The number of ether oxygens (including phenoxy) is 1. The third kappa shape index (κ3) is 2.38. The number of para-hydroxylation sites is 1. The van der Waals surface area contributed by atoms with Crippen molar-refractivity contribution in [3.05, 3.63) is 102 Å². The van der Waals surface area contributed by atoms with Gasteiger partial charge >= 0.3 is 0 Å². The Balaban J connectivity index is 1.91. The molecular weight excluding hydrogens is 304 g/mol. The lowest BCUT2D eigenvalue weighted by Gasteiger charge is -2.39. The molecule has 2 unspecified atom stereocenters. The second-order valence-corrected chi connectivity index (χ2v) is 7.65. The lowest BCUT2D eigenvalue weighted by molar-refractivity contribution is 0.0896. The monoisotopic (exact) mass is 328 g/mol. The van der Waals surface area contributed by atoms with Crippen LogP contribution < -0.4 is 4.74 Å². The highest BCUT2D eigenvalue weighted by Gasteiger charge is 2.56. The maximum absolute atomic E-state index is 6.64.